The van der Waals surface area contributed by atoms with Crippen LogP contribution in [0.15, 0.2) is 23.1 Å². The normalized spacial score (nSPS) is 22.0. The van der Waals surface area contributed by atoms with E-state index in [2.05, 4.69) is 5.32 Å². The number of hydrogen-bond acceptors (Lipinski definition) is 3. The first-order chi connectivity index (χ1) is 7.57. The maximum absolute atomic E-state index is 12.2. The lowest BCUT2D eigenvalue weighted by Gasteiger charge is -2.08. The molecule has 1 heterocycles. The Bertz CT molecular complexity index is 494. The van der Waals surface area contributed by atoms with E-state index in [1.807, 2.05) is 26.1 Å². The molecule has 0 amide bonds. The van der Waals surface area contributed by atoms with E-state index in [4.69, 9.17) is 0 Å². The molecular weight excluding hydrogens is 222 g/mol. The minimum absolute atomic E-state index is 0.240. The summed E-state index contributed by atoms with van der Waals surface area (Å²) in [4.78, 5) is 0.550. The standard InChI is InChI=1S/C12H17NO2S/c1-9-4-3-5-12-11(9)8-10(6-7-13-2)16(12,14)15/h3-5,10,13H,6-8H2,1-2H3. The van der Waals surface area contributed by atoms with Gasteiger partial charge in [0.15, 0.2) is 9.84 Å². The third-order valence-corrected chi connectivity index (χ3v) is 5.54. The average Bonchev–Trinajstić information content (AvgIpc) is 2.50. The Morgan fingerprint density at radius 1 is 1.44 bits per heavy atom. The fraction of sp³-hybridized carbons (Fsp3) is 0.500. The van der Waals surface area contributed by atoms with E-state index in [9.17, 15) is 8.42 Å². The zero-order chi connectivity index (χ0) is 11.8. The van der Waals surface area contributed by atoms with E-state index in [1.54, 1.807) is 6.07 Å². The Morgan fingerprint density at radius 3 is 2.81 bits per heavy atom. The Hall–Kier alpha value is -0.870. The lowest BCUT2D eigenvalue weighted by molar-refractivity contribution is 0.575. The molecule has 0 radical (unpaired) electrons. The number of hydrogen-bond donors (Lipinski definition) is 1. The van der Waals surface area contributed by atoms with Gasteiger partial charge in [-0.05, 0) is 50.6 Å². The molecule has 1 aromatic carbocycles. The molecule has 0 bridgehead atoms. The first kappa shape index (κ1) is 11.6. The van der Waals surface area contributed by atoms with Gasteiger partial charge in [0.1, 0.15) is 0 Å². The summed E-state index contributed by atoms with van der Waals surface area (Å²) in [5.41, 5.74) is 2.11. The van der Waals surface area contributed by atoms with Gasteiger partial charge in [0, 0.05) is 0 Å². The van der Waals surface area contributed by atoms with Crippen molar-refractivity contribution in [2.24, 2.45) is 0 Å². The fourth-order valence-electron chi connectivity index (χ4n) is 2.28. The van der Waals surface area contributed by atoms with Crippen LogP contribution in [0.5, 0.6) is 0 Å². The second-order valence-corrected chi connectivity index (χ2v) is 6.51. The van der Waals surface area contributed by atoms with Crippen molar-refractivity contribution in [3.05, 3.63) is 29.3 Å². The highest BCUT2D eigenvalue weighted by atomic mass is 32.2. The van der Waals surface area contributed by atoms with Crippen molar-refractivity contribution in [3.8, 4) is 0 Å². The molecule has 1 N–H and O–H groups in total. The number of rotatable bonds is 3. The van der Waals surface area contributed by atoms with Gasteiger partial charge in [-0.1, -0.05) is 12.1 Å². The van der Waals surface area contributed by atoms with Crippen LogP contribution in [0.1, 0.15) is 17.5 Å². The van der Waals surface area contributed by atoms with Crippen LogP contribution in [-0.2, 0) is 16.3 Å². The van der Waals surface area contributed by atoms with E-state index in [1.165, 1.54) is 0 Å². The molecular formula is C12H17NO2S. The highest BCUT2D eigenvalue weighted by Crippen LogP contribution is 2.34. The van der Waals surface area contributed by atoms with Crippen LogP contribution in [0.2, 0.25) is 0 Å². The predicted octanol–water partition coefficient (Wildman–Crippen LogP) is 1.30. The smallest absolute Gasteiger partial charge is 0.181 e. The molecule has 4 heteroatoms. The lowest BCUT2D eigenvalue weighted by atomic mass is 10.0. The molecule has 3 nitrogen and oxygen atoms in total. The van der Waals surface area contributed by atoms with Gasteiger partial charge in [-0.2, -0.15) is 0 Å². The van der Waals surface area contributed by atoms with E-state index < -0.39 is 9.84 Å². The SMILES string of the molecule is CNCCC1Cc2c(C)cccc2S1(=O)=O. The Kier molecular flexibility index (Phi) is 3.04. The molecule has 1 atom stereocenters. The molecule has 1 aliphatic rings. The van der Waals surface area contributed by atoms with Crippen LogP contribution in [0, 0.1) is 6.92 Å². The number of sulfone groups is 1. The molecule has 0 aliphatic carbocycles. The average molecular weight is 239 g/mol. The van der Waals surface area contributed by atoms with Crippen molar-refractivity contribution in [2.75, 3.05) is 13.6 Å². The van der Waals surface area contributed by atoms with Crippen molar-refractivity contribution in [3.63, 3.8) is 0 Å². The van der Waals surface area contributed by atoms with Crippen LogP contribution in [-0.4, -0.2) is 27.3 Å². The van der Waals surface area contributed by atoms with Crippen molar-refractivity contribution in [1.29, 1.82) is 0 Å². The zero-order valence-electron chi connectivity index (χ0n) is 9.66. The summed E-state index contributed by atoms with van der Waals surface area (Å²) in [6, 6.07) is 5.54. The molecule has 1 unspecified atom stereocenters. The summed E-state index contributed by atoms with van der Waals surface area (Å²) in [7, 11) is -1.23. The number of nitrogens with one attached hydrogen (secondary N) is 1. The summed E-state index contributed by atoms with van der Waals surface area (Å²) in [6.07, 6.45) is 1.36. The molecule has 88 valence electrons. The highest BCUT2D eigenvalue weighted by molar-refractivity contribution is 7.92. The van der Waals surface area contributed by atoms with Crippen LogP contribution in [0.25, 0.3) is 0 Å². The molecule has 2 rings (SSSR count). The van der Waals surface area contributed by atoms with Crippen molar-refractivity contribution in [2.45, 2.75) is 29.9 Å². The third kappa shape index (κ3) is 1.76. The second-order valence-electron chi connectivity index (χ2n) is 4.31. The van der Waals surface area contributed by atoms with Crippen molar-refractivity contribution < 1.29 is 8.42 Å². The van der Waals surface area contributed by atoms with Gasteiger partial charge in [0.25, 0.3) is 0 Å². The molecule has 0 saturated heterocycles. The lowest BCUT2D eigenvalue weighted by Crippen LogP contribution is -2.22. The molecule has 0 fully saturated rings. The van der Waals surface area contributed by atoms with Gasteiger partial charge in [-0.25, -0.2) is 8.42 Å². The summed E-state index contributed by atoms with van der Waals surface area (Å²) in [5.74, 6) is 0. The molecule has 0 saturated carbocycles. The van der Waals surface area contributed by atoms with Crippen LogP contribution in [0.3, 0.4) is 0 Å². The topological polar surface area (TPSA) is 46.2 Å². The Balaban J connectivity index is 2.38. The maximum atomic E-state index is 12.2. The van der Waals surface area contributed by atoms with Crippen LogP contribution < -0.4 is 5.32 Å². The van der Waals surface area contributed by atoms with Crippen molar-refractivity contribution >= 4 is 9.84 Å². The van der Waals surface area contributed by atoms with Gasteiger partial charge in [-0.15, -0.1) is 0 Å². The van der Waals surface area contributed by atoms with Gasteiger partial charge < -0.3 is 5.32 Å². The van der Waals surface area contributed by atoms with E-state index >= 15 is 0 Å². The van der Waals surface area contributed by atoms with Gasteiger partial charge in [0.2, 0.25) is 0 Å². The fourth-order valence-corrected chi connectivity index (χ4v) is 4.31. The quantitative estimate of drug-likeness (QED) is 0.865. The minimum atomic E-state index is -3.08. The first-order valence-corrected chi connectivity index (χ1v) is 7.09. The van der Waals surface area contributed by atoms with E-state index in [0.29, 0.717) is 17.7 Å². The summed E-state index contributed by atoms with van der Waals surface area (Å²) in [5, 5.41) is 2.77. The molecule has 1 aliphatic heterocycles. The van der Waals surface area contributed by atoms with E-state index in [-0.39, 0.29) is 5.25 Å². The van der Waals surface area contributed by atoms with Gasteiger partial charge in [0.05, 0.1) is 10.1 Å². The molecule has 0 spiro atoms. The van der Waals surface area contributed by atoms with Crippen LogP contribution in [0.4, 0.5) is 0 Å². The molecule has 1 aromatic rings. The Labute approximate surface area is 96.8 Å². The molecule has 16 heavy (non-hydrogen) atoms. The summed E-state index contributed by atoms with van der Waals surface area (Å²) >= 11 is 0. The number of benzene rings is 1. The number of fused-ring (bicyclic) bond motifs is 1. The van der Waals surface area contributed by atoms with Crippen LogP contribution >= 0.6 is 0 Å². The van der Waals surface area contributed by atoms with E-state index in [0.717, 1.165) is 17.7 Å². The maximum Gasteiger partial charge on any atom is 0.181 e. The predicted molar refractivity (Wildman–Crippen MR) is 64.4 cm³/mol. The summed E-state index contributed by atoms with van der Waals surface area (Å²) < 4.78 is 24.4. The third-order valence-electron chi connectivity index (χ3n) is 3.26. The largest absolute Gasteiger partial charge is 0.320 e. The van der Waals surface area contributed by atoms with Gasteiger partial charge in [-0.3, -0.25) is 0 Å². The number of aryl methyl sites for hydroxylation is 1. The van der Waals surface area contributed by atoms with Gasteiger partial charge >= 0.3 is 0 Å². The minimum Gasteiger partial charge on any atom is -0.320 e. The Morgan fingerprint density at radius 2 is 2.19 bits per heavy atom. The first-order valence-electron chi connectivity index (χ1n) is 5.54. The zero-order valence-corrected chi connectivity index (χ0v) is 10.5. The second kappa shape index (κ2) is 4.18. The molecule has 0 aromatic heterocycles. The monoisotopic (exact) mass is 239 g/mol. The van der Waals surface area contributed by atoms with Crippen molar-refractivity contribution in [1.82, 2.24) is 5.32 Å². The highest BCUT2D eigenvalue weighted by Gasteiger charge is 2.36. The summed E-state index contributed by atoms with van der Waals surface area (Å²) in [6.45, 7) is 2.73.